The first-order valence-corrected chi connectivity index (χ1v) is 19.3. The maximum atomic E-state index is 12.8. The number of carbonyl (C=O) groups excluding carboxylic acids is 2. The third-order valence-electron chi connectivity index (χ3n) is 11.3. The first kappa shape index (κ1) is 46.6. The van der Waals surface area contributed by atoms with Crippen molar-refractivity contribution in [2.24, 2.45) is 0 Å². The quantitative estimate of drug-likeness (QED) is 0.118. The summed E-state index contributed by atoms with van der Waals surface area (Å²) in [4.78, 5) is 25.4. The SMILES string of the molecule is CC(=O)N[C@@H]1[C@@H]2O[C@H]3[C@H](O)[C@@H](CO)O[C@@H](O[C@H]4[C@H](OC[C@H]5O[C@H](O[C@@H]1[C@H](O)[C@H](C)O2)[C@H](O)[C@@H](O)[C@@H]5O)O[C@@H](C)[C@H](O)[C@H]4O[C@H]1O[C@H](CO)[C@@H](O)[C@H](O)[C@H]1O)[C@@H]3NC(C)=O. The van der Waals surface area contributed by atoms with Crippen molar-refractivity contribution in [3.8, 4) is 0 Å². The van der Waals surface area contributed by atoms with Gasteiger partial charge in [0, 0.05) is 13.8 Å². The Labute approximate surface area is 336 Å². The Hall–Kier alpha value is -1.90. The van der Waals surface area contributed by atoms with Gasteiger partial charge in [0.1, 0.15) is 110 Å². The third-order valence-corrected chi connectivity index (χ3v) is 11.3. The highest BCUT2D eigenvalue weighted by molar-refractivity contribution is 5.73. The Kier molecular flexibility index (Phi) is 15.2. The van der Waals surface area contributed by atoms with Crippen molar-refractivity contribution in [3.63, 3.8) is 0 Å². The second-order valence-corrected chi connectivity index (χ2v) is 15.5. The predicted molar refractivity (Wildman–Crippen MR) is 184 cm³/mol. The fourth-order valence-electron chi connectivity index (χ4n) is 7.99. The smallest absolute Gasteiger partial charge is 0.217 e. The minimum absolute atomic E-state index is 0.689. The third kappa shape index (κ3) is 9.55. The molecule has 6 saturated heterocycles. The van der Waals surface area contributed by atoms with Crippen molar-refractivity contribution in [2.45, 2.75) is 181 Å². The monoisotopic (exact) mass is 860 g/mol. The van der Waals surface area contributed by atoms with Gasteiger partial charge in [-0.25, -0.2) is 0 Å². The summed E-state index contributed by atoms with van der Waals surface area (Å²) in [6.07, 6.45) is -38.9. The Morgan fingerprint density at radius 2 is 1.03 bits per heavy atom. The number of hydrogen-bond acceptors (Lipinski definition) is 23. The van der Waals surface area contributed by atoms with E-state index in [0.717, 1.165) is 13.8 Å². The minimum atomic E-state index is -1.97. The number of nitrogens with one attached hydrogen (secondary N) is 2. The van der Waals surface area contributed by atoms with Gasteiger partial charge in [0.15, 0.2) is 31.5 Å². The van der Waals surface area contributed by atoms with Crippen LogP contribution in [0.15, 0.2) is 0 Å². The minimum Gasteiger partial charge on any atom is -0.394 e. The molecule has 6 rings (SSSR count). The lowest BCUT2D eigenvalue weighted by Gasteiger charge is -2.52. The molecule has 0 unspecified atom stereocenters. The molecule has 0 aromatic rings. The van der Waals surface area contributed by atoms with Gasteiger partial charge >= 0.3 is 0 Å². The van der Waals surface area contributed by atoms with Crippen molar-refractivity contribution in [3.05, 3.63) is 0 Å². The van der Waals surface area contributed by atoms with Crippen LogP contribution < -0.4 is 10.6 Å². The summed E-state index contributed by atoms with van der Waals surface area (Å²) >= 11 is 0. The molecule has 6 aliphatic heterocycles. The van der Waals surface area contributed by atoms with E-state index in [9.17, 15) is 65.8 Å². The summed E-state index contributed by atoms with van der Waals surface area (Å²) < 4.78 is 60.1. The second-order valence-electron chi connectivity index (χ2n) is 15.5. The number of aliphatic hydroxyl groups excluding tert-OH is 11. The average Bonchev–Trinajstić information content (AvgIpc) is 3.18. The van der Waals surface area contributed by atoms with Crippen LogP contribution in [-0.4, -0.2) is 241 Å². The molecule has 6 fully saturated rings. The van der Waals surface area contributed by atoms with E-state index in [1.807, 2.05) is 0 Å². The largest absolute Gasteiger partial charge is 0.394 e. The lowest BCUT2D eigenvalue weighted by molar-refractivity contribution is -0.396. The number of rotatable bonds is 6. The molecule has 0 aromatic carbocycles. The van der Waals surface area contributed by atoms with Crippen LogP contribution in [0.1, 0.15) is 27.7 Å². The van der Waals surface area contributed by atoms with Crippen LogP contribution in [-0.2, 0) is 57.0 Å². The summed E-state index contributed by atoms with van der Waals surface area (Å²) in [5.41, 5.74) is 0. The predicted octanol–water partition coefficient (Wildman–Crippen LogP) is -8.54. The number of fused-ring (bicyclic) bond motifs is 7. The summed E-state index contributed by atoms with van der Waals surface area (Å²) in [5.74, 6) is -1.41. The van der Waals surface area contributed by atoms with Crippen LogP contribution in [0, 0.1) is 0 Å². The van der Waals surface area contributed by atoms with Crippen LogP contribution in [0.4, 0.5) is 0 Å². The topological polar surface area (TPSA) is 373 Å². The van der Waals surface area contributed by atoms with Gasteiger partial charge in [-0.15, -0.1) is 0 Å². The summed E-state index contributed by atoms with van der Waals surface area (Å²) in [6.45, 7) is 2.63. The summed E-state index contributed by atoms with van der Waals surface area (Å²) in [7, 11) is 0. The maximum absolute atomic E-state index is 12.8. The average molecular weight is 861 g/mol. The van der Waals surface area contributed by atoms with Crippen molar-refractivity contribution >= 4 is 11.8 Å². The zero-order valence-electron chi connectivity index (χ0n) is 32.4. The molecule has 340 valence electrons. The lowest BCUT2D eigenvalue weighted by atomic mass is 9.93. The molecular formula is C34H56N2O23. The van der Waals surface area contributed by atoms with Gasteiger partial charge in [0.2, 0.25) is 11.8 Å². The van der Waals surface area contributed by atoms with E-state index in [1.54, 1.807) is 0 Å². The Morgan fingerprint density at radius 3 is 1.64 bits per heavy atom. The Balaban J connectivity index is 1.45. The Morgan fingerprint density at radius 1 is 0.525 bits per heavy atom. The van der Waals surface area contributed by atoms with E-state index in [0.29, 0.717) is 0 Å². The van der Waals surface area contributed by atoms with Crippen LogP contribution in [0.5, 0.6) is 0 Å². The van der Waals surface area contributed by atoms with E-state index in [4.69, 9.17) is 47.4 Å². The van der Waals surface area contributed by atoms with Gasteiger partial charge in [0.25, 0.3) is 0 Å². The molecular weight excluding hydrogens is 804 g/mol. The van der Waals surface area contributed by atoms with Crippen molar-refractivity contribution in [1.29, 1.82) is 0 Å². The van der Waals surface area contributed by atoms with Crippen LogP contribution >= 0.6 is 0 Å². The van der Waals surface area contributed by atoms with Gasteiger partial charge in [-0.05, 0) is 13.8 Å². The zero-order valence-corrected chi connectivity index (χ0v) is 32.4. The molecule has 2 amide bonds. The fourth-order valence-corrected chi connectivity index (χ4v) is 7.99. The van der Waals surface area contributed by atoms with E-state index in [2.05, 4.69) is 10.6 Å². The number of ether oxygens (including phenoxy) is 10. The number of hydrogen-bond donors (Lipinski definition) is 13. The summed E-state index contributed by atoms with van der Waals surface area (Å²) in [5, 5.41) is 124. The zero-order chi connectivity index (χ0) is 43.2. The van der Waals surface area contributed by atoms with Crippen LogP contribution in [0.2, 0.25) is 0 Å². The molecule has 59 heavy (non-hydrogen) atoms. The number of aliphatic hydroxyl groups is 11. The fraction of sp³-hybridized carbons (Fsp3) is 0.941. The molecule has 13 N–H and O–H groups in total. The highest BCUT2D eigenvalue weighted by Gasteiger charge is 2.58. The second kappa shape index (κ2) is 19.2. The molecule has 0 aromatic heterocycles. The molecule has 6 heterocycles. The molecule has 25 heteroatoms. The highest BCUT2D eigenvalue weighted by Crippen LogP contribution is 2.37. The van der Waals surface area contributed by atoms with Gasteiger partial charge in [-0.2, -0.15) is 0 Å². The van der Waals surface area contributed by atoms with Gasteiger partial charge < -0.3 is 114 Å². The molecule has 25 atom stereocenters. The van der Waals surface area contributed by atoms with E-state index in [-0.39, 0.29) is 0 Å². The first-order valence-electron chi connectivity index (χ1n) is 19.3. The molecule has 6 bridgehead atoms. The molecule has 0 radical (unpaired) electrons. The van der Waals surface area contributed by atoms with E-state index >= 15 is 0 Å². The van der Waals surface area contributed by atoms with E-state index < -0.39 is 185 Å². The van der Waals surface area contributed by atoms with Crippen LogP contribution in [0.25, 0.3) is 0 Å². The lowest BCUT2D eigenvalue weighted by Crippen LogP contribution is -2.71. The molecule has 0 saturated carbocycles. The molecule has 6 aliphatic rings. The molecule has 0 spiro atoms. The van der Waals surface area contributed by atoms with E-state index in [1.165, 1.54) is 13.8 Å². The standard InChI is InChI=1S/C34H56N2O23/c1-8-17(41)26-15(35-10(3)39)30(51-8)56-27-16(36-11(4)40)31(53-13(6-38)21(27)45)59-29-28(58-32-24(48)22(46)19(43)12(5-37)54-32)18(42)9(2)52-34(29)50-7-14-20(44)23(47)25(49)33(55-14)57-26/h8-9,12-34,37-38,41-49H,5-7H2,1-4H3,(H,35,39)(H,36,40)/t8-,9-,12+,13+,14+,15-,16+,17+,18-,19+,20+,21+,22-,23-,24+,25+,26-,27+,28+,29+,30-,31-,32+,33+,34+/m0/s1. The summed E-state index contributed by atoms with van der Waals surface area (Å²) in [6, 6.07) is -3.04. The van der Waals surface area contributed by atoms with Crippen LogP contribution in [0.3, 0.4) is 0 Å². The van der Waals surface area contributed by atoms with Crippen molar-refractivity contribution in [1.82, 2.24) is 10.6 Å². The first-order chi connectivity index (χ1) is 27.9. The van der Waals surface area contributed by atoms with Crippen molar-refractivity contribution < 1.29 is 113 Å². The highest BCUT2D eigenvalue weighted by atomic mass is 16.8. The van der Waals surface area contributed by atoms with Gasteiger partial charge in [-0.1, -0.05) is 0 Å². The normalized spacial score (nSPS) is 52.2. The Bertz CT molecular complexity index is 1420. The molecule has 25 nitrogen and oxygen atoms in total. The molecule has 0 aliphatic carbocycles. The van der Waals surface area contributed by atoms with Gasteiger partial charge in [-0.3, -0.25) is 9.59 Å². The van der Waals surface area contributed by atoms with Crippen molar-refractivity contribution in [2.75, 3.05) is 19.8 Å². The number of amides is 2. The maximum Gasteiger partial charge on any atom is 0.217 e. The number of carbonyl (C=O) groups is 2. The van der Waals surface area contributed by atoms with Gasteiger partial charge in [0.05, 0.1) is 32.0 Å².